The molecule has 0 aromatic heterocycles. The average molecular weight is 667 g/mol. The molecule has 3 aromatic rings. The van der Waals surface area contributed by atoms with Gasteiger partial charge in [0.15, 0.2) is 5.78 Å². The lowest BCUT2D eigenvalue weighted by atomic mass is 9.97. The molecule has 0 radical (unpaired) electrons. The van der Waals surface area contributed by atoms with E-state index in [1.54, 1.807) is 0 Å². The van der Waals surface area contributed by atoms with Crippen LogP contribution in [0.1, 0.15) is 51.0 Å². The second-order valence-electron chi connectivity index (χ2n) is 9.99. The molecule has 222 valence electrons. The Labute approximate surface area is 257 Å². The molecule has 4 rings (SSSR count). The number of halogens is 9. The number of alkyl halides is 5. The molecular weight excluding hydrogens is 647 g/mol. The van der Waals surface area contributed by atoms with E-state index in [1.807, 2.05) is 0 Å². The van der Waals surface area contributed by atoms with E-state index < -0.39 is 68.2 Å². The molecular formula is C29H20Cl4F5NO3. The molecule has 1 N–H and O–H groups in total. The fraction of sp³-hybridized carbons (Fsp3) is 0.276. The summed E-state index contributed by atoms with van der Waals surface area (Å²) >= 11 is 24.6. The predicted octanol–water partition coefficient (Wildman–Crippen LogP) is 8.68. The fourth-order valence-corrected chi connectivity index (χ4v) is 6.02. The molecule has 0 saturated heterocycles. The molecule has 3 aromatic carbocycles. The number of hydrogen-bond donors (Lipinski definition) is 1. The lowest BCUT2D eigenvalue weighted by Gasteiger charge is -2.13. The van der Waals surface area contributed by atoms with Crippen LogP contribution in [-0.2, 0) is 28.6 Å². The van der Waals surface area contributed by atoms with Crippen molar-refractivity contribution in [3.8, 4) is 0 Å². The minimum absolute atomic E-state index is 0.0205. The number of ketones is 2. The van der Waals surface area contributed by atoms with Gasteiger partial charge < -0.3 is 5.32 Å². The summed E-state index contributed by atoms with van der Waals surface area (Å²) < 4.78 is 67.7. The molecule has 1 amide bonds. The summed E-state index contributed by atoms with van der Waals surface area (Å²) in [7, 11) is 0. The van der Waals surface area contributed by atoms with E-state index in [1.165, 1.54) is 32.0 Å². The van der Waals surface area contributed by atoms with E-state index in [9.17, 15) is 36.3 Å². The first kappa shape index (κ1) is 32.2. The van der Waals surface area contributed by atoms with Crippen LogP contribution >= 0.6 is 46.4 Å². The first-order valence-electron chi connectivity index (χ1n) is 12.3. The first-order chi connectivity index (χ1) is 19.4. The van der Waals surface area contributed by atoms with Gasteiger partial charge >= 0.3 is 6.18 Å². The molecule has 0 unspecified atom stereocenters. The van der Waals surface area contributed by atoms with Crippen LogP contribution in [-0.4, -0.2) is 21.8 Å². The monoisotopic (exact) mass is 665 g/mol. The summed E-state index contributed by atoms with van der Waals surface area (Å²) in [4.78, 5) is 37.7. The standard InChI is InChI=1S/C29H20Cl4F5NO3/c1-12-7-16(10-18(25(12)31)22(41)11-17-21(34)6-4-15(26(17)35)8-13(2)40)39-27(42)24-23(28(24,32)33)14-3-5-20(30)19(9-14)29(36,37)38/h3-7,9-10,23-24H,8,11H2,1-2H3,(H,39,42)/t23-,24+/m0/s1. The van der Waals surface area contributed by atoms with Gasteiger partial charge in [0.1, 0.15) is 21.8 Å². The van der Waals surface area contributed by atoms with E-state index in [2.05, 4.69) is 5.32 Å². The van der Waals surface area contributed by atoms with Gasteiger partial charge in [-0.05, 0) is 60.9 Å². The highest BCUT2D eigenvalue weighted by Crippen LogP contribution is 2.65. The highest BCUT2D eigenvalue weighted by molar-refractivity contribution is 6.53. The number of amides is 1. The van der Waals surface area contributed by atoms with Gasteiger partial charge in [0.25, 0.3) is 0 Å². The Morgan fingerprint density at radius 2 is 1.64 bits per heavy atom. The van der Waals surface area contributed by atoms with Gasteiger partial charge in [0, 0.05) is 35.6 Å². The van der Waals surface area contributed by atoms with E-state index in [4.69, 9.17) is 46.4 Å². The van der Waals surface area contributed by atoms with Crippen molar-refractivity contribution in [1.82, 2.24) is 0 Å². The number of carbonyl (C=O) groups excluding carboxylic acids is 3. The van der Waals surface area contributed by atoms with Crippen molar-refractivity contribution < 1.29 is 36.3 Å². The Balaban J connectivity index is 1.58. The number of Topliss-reactive ketones (excluding diaryl/α,β-unsaturated/α-hetero) is 2. The second-order valence-corrected chi connectivity index (χ2v) is 12.2. The van der Waals surface area contributed by atoms with Crippen LogP contribution in [0, 0.1) is 24.5 Å². The quantitative estimate of drug-likeness (QED) is 0.149. The summed E-state index contributed by atoms with van der Waals surface area (Å²) in [6.45, 7) is 2.77. The van der Waals surface area contributed by atoms with E-state index in [0.29, 0.717) is 5.56 Å². The van der Waals surface area contributed by atoms with Gasteiger partial charge in [-0.1, -0.05) is 35.3 Å². The van der Waals surface area contributed by atoms with Crippen LogP contribution in [0.5, 0.6) is 0 Å². The van der Waals surface area contributed by atoms with Crippen LogP contribution in [0.15, 0.2) is 42.5 Å². The van der Waals surface area contributed by atoms with Gasteiger partial charge in [0.05, 0.1) is 21.5 Å². The zero-order valence-corrected chi connectivity index (χ0v) is 24.8. The summed E-state index contributed by atoms with van der Waals surface area (Å²) in [5.74, 6) is -6.04. The lowest BCUT2D eigenvalue weighted by molar-refractivity contribution is -0.137. The Hall–Kier alpha value is -2.72. The van der Waals surface area contributed by atoms with Gasteiger partial charge in [0.2, 0.25) is 5.91 Å². The summed E-state index contributed by atoms with van der Waals surface area (Å²) in [5, 5.41) is 2.00. The molecule has 42 heavy (non-hydrogen) atoms. The van der Waals surface area contributed by atoms with Crippen LogP contribution in [0.3, 0.4) is 0 Å². The summed E-state index contributed by atoms with van der Waals surface area (Å²) in [6.07, 6.45) is -5.76. The molecule has 2 atom stereocenters. The Morgan fingerprint density at radius 3 is 2.26 bits per heavy atom. The number of aryl methyl sites for hydroxylation is 1. The number of hydrogen-bond acceptors (Lipinski definition) is 3. The highest BCUT2D eigenvalue weighted by Gasteiger charge is 2.67. The largest absolute Gasteiger partial charge is 0.417 e. The van der Waals surface area contributed by atoms with Crippen LogP contribution in [0.25, 0.3) is 0 Å². The molecule has 0 bridgehead atoms. The molecule has 0 aliphatic heterocycles. The van der Waals surface area contributed by atoms with Gasteiger partial charge in [-0.2, -0.15) is 13.2 Å². The maximum atomic E-state index is 14.9. The first-order valence-corrected chi connectivity index (χ1v) is 13.8. The van der Waals surface area contributed by atoms with Crippen molar-refractivity contribution in [3.63, 3.8) is 0 Å². The molecule has 1 aliphatic carbocycles. The molecule has 1 saturated carbocycles. The molecule has 0 heterocycles. The second kappa shape index (κ2) is 11.8. The molecule has 1 fully saturated rings. The van der Waals surface area contributed by atoms with Crippen LogP contribution in [0.4, 0.5) is 27.6 Å². The van der Waals surface area contributed by atoms with Crippen molar-refractivity contribution >= 4 is 69.6 Å². The highest BCUT2D eigenvalue weighted by atomic mass is 35.5. The minimum Gasteiger partial charge on any atom is -0.326 e. The SMILES string of the molecule is CC(=O)Cc1ccc(F)c(CC(=O)c2cc(NC(=O)[C@H]3[C@H](c4ccc(Cl)c(C(F)(F)F)c4)C3(Cl)Cl)cc(C)c2Cl)c1F. The zero-order valence-electron chi connectivity index (χ0n) is 21.7. The van der Waals surface area contributed by atoms with Crippen molar-refractivity contribution in [2.24, 2.45) is 5.92 Å². The third kappa shape index (κ3) is 6.44. The van der Waals surface area contributed by atoms with Crippen LogP contribution in [0.2, 0.25) is 10.0 Å². The number of benzene rings is 3. The molecule has 1 aliphatic rings. The van der Waals surface area contributed by atoms with Gasteiger partial charge in [-0.15, -0.1) is 23.2 Å². The van der Waals surface area contributed by atoms with Crippen molar-refractivity contribution in [2.45, 2.75) is 43.1 Å². The van der Waals surface area contributed by atoms with Crippen LogP contribution < -0.4 is 5.32 Å². The number of carbonyl (C=O) groups is 3. The molecule has 4 nitrogen and oxygen atoms in total. The van der Waals surface area contributed by atoms with Crippen molar-refractivity contribution in [3.05, 3.63) is 97.5 Å². The maximum absolute atomic E-state index is 14.9. The van der Waals surface area contributed by atoms with Crippen molar-refractivity contribution in [1.29, 1.82) is 0 Å². The number of nitrogens with one attached hydrogen (secondary N) is 1. The van der Waals surface area contributed by atoms with E-state index in [-0.39, 0.29) is 39.6 Å². The van der Waals surface area contributed by atoms with Gasteiger partial charge in [-0.3, -0.25) is 14.4 Å². The Morgan fingerprint density at radius 1 is 0.976 bits per heavy atom. The van der Waals surface area contributed by atoms with Gasteiger partial charge in [-0.25, -0.2) is 8.78 Å². The number of rotatable bonds is 8. The normalized spacial score (nSPS) is 17.6. The number of anilines is 1. The minimum atomic E-state index is -4.74. The Kier molecular flexibility index (Phi) is 9.01. The third-order valence-electron chi connectivity index (χ3n) is 6.86. The van der Waals surface area contributed by atoms with E-state index in [0.717, 1.165) is 24.3 Å². The summed E-state index contributed by atoms with van der Waals surface area (Å²) in [6, 6.07) is 7.84. The molecule has 13 heteroatoms. The third-order valence-corrected chi connectivity index (χ3v) is 8.63. The lowest BCUT2D eigenvalue weighted by Crippen LogP contribution is -2.18. The Bertz CT molecular complexity index is 1620. The smallest absolute Gasteiger partial charge is 0.326 e. The summed E-state index contributed by atoms with van der Waals surface area (Å²) in [5.41, 5.74) is -1.40. The topological polar surface area (TPSA) is 63.2 Å². The average Bonchev–Trinajstić information content (AvgIpc) is 3.46. The van der Waals surface area contributed by atoms with Crippen molar-refractivity contribution in [2.75, 3.05) is 5.32 Å². The fourth-order valence-electron chi connectivity index (χ4n) is 4.75. The molecule has 0 spiro atoms. The zero-order chi connectivity index (χ0) is 31.3. The predicted molar refractivity (Wildman–Crippen MR) is 151 cm³/mol. The van der Waals surface area contributed by atoms with E-state index >= 15 is 0 Å². The maximum Gasteiger partial charge on any atom is 0.417 e.